The first-order valence-corrected chi connectivity index (χ1v) is 11.2. The molecule has 1 amide bonds. The third-order valence-corrected chi connectivity index (χ3v) is 7.93. The number of Topliss-reactive ketones (excluding diaryl/α,β-unsaturated/α-hetero) is 1. The van der Waals surface area contributed by atoms with Crippen LogP contribution in [0, 0.1) is 23.2 Å². The number of piperazine rings is 1. The van der Waals surface area contributed by atoms with Crippen molar-refractivity contribution in [2.75, 3.05) is 39.8 Å². The average Bonchev–Trinajstić information content (AvgIpc) is 2.73. The maximum Gasteiger partial charge on any atom is 0.228 e. The van der Waals surface area contributed by atoms with Crippen molar-refractivity contribution in [1.29, 1.82) is 0 Å². The Bertz CT molecular complexity index is 745. The summed E-state index contributed by atoms with van der Waals surface area (Å²) in [4.78, 5) is 30.4. The third-order valence-electron chi connectivity index (χ3n) is 7.93. The van der Waals surface area contributed by atoms with Crippen molar-refractivity contribution in [2.24, 2.45) is 23.2 Å². The molecular weight excluding hydrogens is 364 g/mol. The van der Waals surface area contributed by atoms with E-state index in [0.717, 1.165) is 74.5 Å². The maximum absolute atomic E-state index is 13.5. The lowest BCUT2D eigenvalue weighted by molar-refractivity contribution is -0.159. The van der Waals surface area contributed by atoms with E-state index in [9.17, 15) is 9.59 Å². The summed E-state index contributed by atoms with van der Waals surface area (Å²) in [7, 11) is 1.63. The van der Waals surface area contributed by atoms with E-state index in [1.807, 2.05) is 24.3 Å². The minimum absolute atomic E-state index is 0.0458. The molecule has 5 nitrogen and oxygen atoms in total. The normalized spacial score (nSPS) is 33.7. The summed E-state index contributed by atoms with van der Waals surface area (Å²) in [6, 6.07) is 7.31. The van der Waals surface area contributed by atoms with Gasteiger partial charge in [0, 0.05) is 31.7 Å². The van der Waals surface area contributed by atoms with Gasteiger partial charge < -0.3 is 9.64 Å². The van der Waals surface area contributed by atoms with Gasteiger partial charge in [-0.15, -0.1) is 0 Å². The molecule has 5 heteroatoms. The molecule has 1 aliphatic heterocycles. The maximum atomic E-state index is 13.5. The topological polar surface area (TPSA) is 49.9 Å². The van der Waals surface area contributed by atoms with Crippen molar-refractivity contribution in [1.82, 2.24) is 9.80 Å². The van der Waals surface area contributed by atoms with Gasteiger partial charge in [0.1, 0.15) is 5.75 Å². The van der Waals surface area contributed by atoms with Crippen LogP contribution in [-0.2, 0) is 4.79 Å². The third kappa shape index (κ3) is 3.58. The molecule has 1 heterocycles. The van der Waals surface area contributed by atoms with Crippen LogP contribution in [0.4, 0.5) is 0 Å². The van der Waals surface area contributed by atoms with Crippen LogP contribution in [0.15, 0.2) is 24.3 Å². The Morgan fingerprint density at radius 3 is 2.00 bits per heavy atom. The highest BCUT2D eigenvalue weighted by molar-refractivity contribution is 5.97. The number of methoxy groups -OCH3 is 1. The fourth-order valence-electron chi connectivity index (χ4n) is 6.89. The Balaban J connectivity index is 1.16. The van der Waals surface area contributed by atoms with Crippen LogP contribution in [-0.4, -0.2) is 61.3 Å². The van der Waals surface area contributed by atoms with E-state index in [1.54, 1.807) is 7.11 Å². The minimum atomic E-state index is -0.0458. The van der Waals surface area contributed by atoms with E-state index in [4.69, 9.17) is 4.74 Å². The van der Waals surface area contributed by atoms with Gasteiger partial charge >= 0.3 is 0 Å². The highest BCUT2D eigenvalue weighted by Crippen LogP contribution is 2.60. The lowest BCUT2D eigenvalue weighted by Crippen LogP contribution is -2.58. The molecule has 0 N–H and O–H groups in total. The number of ether oxygens (including phenoxy) is 1. The average molecular weight is 397 g/mol. The first-order chi connectivity index (χ1) is 14.0. The van der Waals surface area contributed by atoms with Gasteiger partial charge in [0.15, 0.2) is 5.78 Å². The molecule has 29 heavy (non-hydrogen) atoms. The van der Waals surface area contributed by atoms with Crippen molar-refractivity contribution in [3.8, 4) is 5.75 Å². The highest BCUT2D eigenvalue weighted by atomic mass is 16.5. The summed E-state index contributed by atoms with van der Waals surface area (Å²) in [5, 5.41) is 0. The Morgan fingerprint density at radius 1 is 0.931 bits per heavy atom. The number of carbonyl (C=O) groups excluding carboxylic acids is 2. The highest BCUT2D eigenvalue weighted by Gasteiger charge is 2.55. The smallest absolute Gasteiger partial charge is 0.228 e. The molecule has 4 aliphatic carbocycles. The zero-order valence-corrected chi connectivity index (χ0v) is 17.4. The van der Waals surface area contributed by atoms with Crippen LogP contribution < -0.4 is 4.74 Å². The molecule has 1 aromatic rings. The summed E-state index contributed by atoms with van der Waals surface area (Å²) >= 11 is 0. The SMILES string of the molecule is COc1ccc(C(=O)CN2CCN(C(=O)C34CC5CC(CC(C5)C3)C4)CC2)cc1. The Morgan fingerprint density at radius 2 is 1.48 bits per heavy atom. The molecule has 5 fully saturated rings. The minimum Gasteiger partial charge on any atom is -0.497 e. The first kappa shape index (κ1) is 19.1. The zero-order valence-electron chi connectivity index (χ0n) is 17.4. The van der Waals surface area contributed by atoms with Crippen molar-refractivity contribution in [3.05, 3.63) is 29.8 Å². The zero-order chi connectivity index (χ0) is 20.0. The first-order valence-electron chi connectivity index (χ1n) is 11.2. The molecule has 4 bridgehead atoms. The summed E-state index contributed by atoms with van der Waals surface area (Å²) in [6.45, 7) is 3.53. The van der Waals surface area contributed by atoms with E-state index in [1.165, 1.54) is 19.3 Å². The molecule has 1 aromatic carbocycles. The van der Waals surface area contributed by atoms with Gasteiger partial charge in [-0.2, -0.15) is 0 Å². The quantitative estimate of drug-likeness (QED) is 0.717. The number of benzene rings is 1. The van der Waals surface area contributed by atoms with Gasteiger partial charge in [0.2, 0.25) is 5.91 Å². The summed E-state index contributed by atoms with van der Waals surface area (Å²) in [6.07, 6.45) is 7.51. The van der Waals surface area contributed by atoms with Gasteiger partial charge in [-0.25, -0.2) is 0 Å². The number of amides is 1. The van der Waals surface area contributed by atoms with Gasteiger partial charge in [-0.05, 0) is 80.5 Å². The molecule has 6 rings (SSSR count). The molecule has 0 atom stereocenters. The van der Waals surface area contributed by atoms with Gasteiger partial charge in [-0.3, -0.25) is 14.5 Å². The van der Waals surface area contributed by atoms with Crippen LogP contribution in [0.5, 0.6) is 5.75 Å². The van der Waals surface area contributed by atoms with Crippen molar-refractivity contribution >= 4 is 11.7 Å². The predicted molar refractivity (Wildman–Crippen MR) is 111 cm³/mol. The molecule has 0 aromatic heterocycles. The second-order valence-electron chi connectivity index (χ2n) is 9.92. The molecule has 4 saturated carbocycles. The fourth-order valence-corrected chi connectivity index (χ4v) is 6.89. The summed E-state index contributed by atoms with van der Waals surface area (Å²) < 4.78 is 5.16. The number of rotatable bonds is 5. The van der Waals surface area contributed by atoms with E-state index in [0.29, 0.717) is 12.5 Å². The summed E-state index contributed by atoms with van der Waals surface area (Å²) in [5.41, 5.74) is 0.674. The second-order valence-corrected chi connectivity index (χ2v) is 9.92. The van der Waals surface area contributed by atoms with Gasteiger partial charge in [0.05, 0.1) is 19.1 Å². The van der Waals surface area contributed by atoms with E-state index >= 15 is 0 Å². The number of carbonyl (C=O) groups is 2. The number of hydrogen-bond acceptors (Lipinski definition) is 4. The van der Waals surface area contributed by atoms with E-state index in [-0.39, 0.29) is 11.2 Å². The fraction of sp³-hybridized carbons (Fsp3) is 0.667. The summed E-state index contributed by atoms with van der Waals surface area (Å²) in [5.74, 6) is 3.72. The van der Waals surface area contributed by atoms with Crippen LogP contribution >= 0.6 is 0 Å². The Hall–Kier alpha value is -1.88. The number of nitrogens with zero attached hydrogens (tertiary/aromatic N) is 2. The monoisotopic (exact) mass is 396 g/mol. The predicted octanol–water partition coefficient (Wildman–Crippen LogP) is 3.24. The molecule has 0 spiro atoms. The van der Waals surface area contributed by atoms with Crippen LogP contribution in [0.2, 0.25) is 0 Å². The van der Waals surface area contributed by atoms with E-state index < -0.39 is 0 Å². The molecular formula is C24H32N2O3. The van der Waals surface area contributed by atoms with Crippen molar-refractivity contribution < 1.29 is 14.3 Å². The van der Waals surface area contributed by atoms with E-state index in [2.05, 4.69) is 9.80 Å². The number of ketones is 1. The van der Waals surface area contributed by atoms with Crippen LogP contribution in [0.25, 0.3) is 0 Å². The lowest BCUT2D eigenvalue weighted by Gasteiger charge is -2.57. The Kier molecular flexibility index (Phi) is 4.89. The van der Waals surface area contributed by atoms with Gasteiger partial charge in [0.25, 0.3) is 0 Å². The molecule has 0 radical (unpaired) electrons. The van der Waals surface area contributed by atoms with Gasteiger partial charge in [-0.1, -0.05) is 0 Å². The largest absolute Gasteiger partial charge is 0.497 e. The molecule has 5 aliphatic rings. The molecule has 0 unspecified atom stereocenters. The molecule has 156 valence electrons. The Labute approximate surface area is 173 Å². The molecule has 1 saturated heterocycles. The van der Waals surface area contributed by atoms with Crippen molar-refractivity contribution in [2.45, 2.75) is 38.5 Å². The standard InChI is InChI=1S/C24H32N2O3/c1-29-21-4-2-20(3-5-21)22(27)16-25-6-8-26(9-7-25)23(28)24-13-17-10-18(14-24)12-19(11-17)15-24/h2-5,17-19H,6-16H2,1H3. The second kappa shape index (κ2) is 7.42. The van der Waals surface area contributed by atoms with Crippen molar-refractivity contribution in [3.63, 3.8) is 0 Å². The lowest BCUT2D eigenvalue weighted by atomic mass is 9.49. The number of hydrogen-bond donors (Lipinski definition) is 0. The van der Waals surface area contributed by atoms with Crippen LogP contribution in [0.3, 0.4) is 0 Å². The van der Waals surface area contributed by atoms with Crippen LogP contribution in [0.1, 0.15) is 48.9 Å².